The number of pyridine rings is 1. The van der Waals surface area contributed by atoms with Crippen LogP contribution in [0.15, 0.2) is 85.2 Å². The lowest BCUT2D eigenvalue weighted by Crippen LogP contribution is -2.40. The van der Waals surface area contributed by atoms with Crippen molar-refractivity contribution in [3.8, 4) is 0 Å². The molecular weight excluding hydrogens is 398 g/mol. The molecule has 1 aliphatic heterocycles. The number of para-hydroxylation sites is 1. The van der Waals surface area contributed by atoms with Crippen LogP contribution in [0.4, 0.5) is 0 Å². The first-order valence-corrected chi connectivity index (χ1v) is 10.9. The second kappa shape index (κ2) is 7.31. The summed E-state index contributed by atoms with van der Waals surface area (Å²) in [4.78, 5) is 32.8. The van der Waals surface area contributed by atoms with Gasteiger partial charge in [0.15, 0.2) is 0 Å². The first-order valence-electron chi connectivity index (χ1n) is 10.9. The minimum absolute atomic E-state index is 0.0233. The molecule has 1 atom stereocenters. The number of nitrogens with zero attached hydrogens (tertiary/aromatic N) is 3. The minimum Gasteiger partial charge on any atom is -0.326 e. The van der Waals surface area contributed by atoms with Crippen LogP contribution in [0, 0.1) is 0 Å². The zero-order valence-electron chi connectivity index (χ0n) is 17.4. The summed E-state index contributed by atoms with van der Waals surface area (Å²) in [5, 5.41) is 4.26. The van der Waals surface area contributed by atoms with Crippen LogP contribution in [0.5, 0.6) is 0 Å². The van der Waals surface area contributed by atoms with Crippen molar-refractivity contribution in [1.82, 2.24) is 14.5 Å². The molecule has 5 heteroatoms. The van der Waals surface area contributed by atoms with E-state index in [2.05, 4.69) is 23.2 Å². The molecule has 1 saturated heterocycles. The summed E-state index contributed by atoms with van der Waals surface area (Å²) in [6, 6.07) is 23.6. The van der Waals surface area contributed by atoms with Gasteiger partial charge in [0.25, 0.3) is 5.91 Å². The highest BCUT2D eigenvalue weighted by Crippen LogP contribution is 2.32. The first-order chi connectivity index (χ1) is 15.7. The van der Waals surface area contributed by atoms with E-state index in [4.69, 9.17) is 0 Å². The molecule has 1 fully saturated rings. The van der Waals surface area contributed by atoms with Gasteiger partial charge in [-0.3, -0.25) is 19.1 Å². The maximum absolute atomic E-state index is 13.9. The van der Waals surface area contributed by atoms with Crippen LogP contribution < -0.4 is 0 Å². The van der Waals surface area contributed by atoms with E-state index in [-0.39, 0.29) is 11.8 Å². The van der Waals surface area contributed by atoms with Gasteiger partial charge in [0.1, 0.15) is 6.04 Å². The van der Waals surface area contributed by atoms with E-state index in [1.165, 1.54) is 0 Å². The summed E-state index contributed by atoms with van der Waals surface area (Å²) in [7, 11) is 0. The van der Waals surface area contributed by atoms with Gasteiger partial charge in [-0.05, 0) is 34.9 Å². The third-order valence-electron chi connectivity index (χ3n) is 6.53. The summed E-state index contributed by atoms with van der Waals surface area (Å²) in [6.45, 7) is 0.423. The number of hydrogen-bond donors (Lipinski definition) is 0. The van der Waals surface area contributed by atoms with Crippen molar-refractivity contribution in [2.75, 3.05) is 0 Å². The SMILES string of the molecule is O=C1CC[C@@H](C(=O)n2c3ccccc3c3ccncc32)N1Cc1cccc2ccccc12. The number of likely N-dealkylation sites (tertiary alicyclic amines) is 1. The molecule has 6 rings (SSSR count). The van der Waals surface area contributed by atoms with Crippen LogP contribution in [0.25, 0.3) is 32.6 Å². The maximum Gasteiger partial charge on any atom is 0.254 e. The molecule has 3 aromatic carbocycles. The third-order valence-corrected chi connectivity index (χ3v) is 6.53. The number of amides is 1. The Kier molecular flexibility index (Phi) is 4.28. The monoisotopic (exact) mass is 419 g/mol. The van der Waals surface area contributed by atoms with Gasteiger partial charge in [0.2, 0.25) is 5.91 Å². The molecule has 0 spiro atoms. The second-order valence-corrected chi connectivity index (χ2v) is 8.30. The summed E-state index contributed by atoms with van der Waals surface area (Å²) in [5.41, 5.74) is 2.69. The van der Waals surface area contributed by atoms with Gasteiger partial charge in [-0.15, -0.1) is 0 Å². The minimum atomic E-state index is -0.499. The van der Waals surface area contributed by atoms with E-state index in [0.29, 0.717) is 19.4 Å². The number of carbonyl (C=O) groups is 2. The van der Waals surface area contributed by atoms with Crippen molar-refractivity contribution in [3.63, 3.8) is 0 Å². The Labute approximate surface area is 184 Å². The molecule has 0 saturated carbocycles. The van der Waals surface area contributed by atoms with Crippen LogP contribution in [0.2, 0.25) is 0 Å². The Morgan fingerprint density at radius 2 is 1.62 bits per heavy atom. The average molecular weight is 419 g/mol. The zero-order chi connectivity index (χ0) is 21.7. The summed E-state index contributed by atoms with van der Waals surface area (Å²) in [6.07, 6.45) is 4.39. The highest BCUT2D eigenvalue weighted by molar-refractivity contribution is 6.14. The van der Waals surface area contributed by atoms with E-state index in [9.17, 15) is 9.59 Å². The smallest absolute Gasteiger partial charge is 0.254 e. The average Bonchev–Trinajstić information content (AvgIpc) is 3.37. The lowest BCUT2D eigenvalue weighted by atomic mass is 10.0. The molecule has 3 heterocycles. The van der Waals surface area contributed by atoms with Gasteiger partial charge in [0, 0.05) is 29.9 Å². The first kappa shape index (κ1) is 18.8. The molecule has 0 N–H and O–H groups in total. The molecule has 0 radical (unpaired) electrons. The number of fused-ring (bicyclic) bond motifs is 4. The standard InChI is InChI=1S/C27H21N3O2/c31-26-13-12-24(29(26)17-19-8-5-7-18-6-1-2-9-20(18)19)27(32)30-23-11-4-3-10-21(23)22-14-15-28-16-25(22)30/h1-11,14-16,24H,12-13,17H2/t24-/m0/s1. The Morgan fingerprint density at radius 3 is 2.53 bits per heavy atom. The lowest BCUT2D eigenvalue weighted by molar-refractivity contribution is -0.129. The van der Waals surface area contributed by atoms with Crippen molar-refractivity contribution in [2.24, 2.45) is 0 Å². The van der Waals surface area contributed by atoms with E-state index in [0.717, 1.165) is 38.1 Å². The van der Waals surface area contributed by atoms with E-state index >= 15 is 0 Å². The molecule has 1 aliphatic rings. The molecule has 32 heavy (non-hydrogen) atoms. The van der Waals surface area contributed by atoms with Crippen molar-refractivity contribution in [1.29, 1.82) is 0 Å². The summed E-state index contributed by atoms with van der Waals surface area (Å²) in [5.74, 6) is -0.0505. The zero-order valence-corrected chi connectivity index (χ0v) is 17.4. The van der Waals surface area contributed by atoms with E-state index in [1.54, 1.807) is 21.9 Å². The van der Waals surface area contributed by atoms with Gasteiger partial charge in [-0.1, -0.05) is 60.7 Å². The summed E-state index contributed by atoms with van der Waals surface area (Å²) < 4.78 is 1.75. The number of aromatic nitrogens is 2. The molecule has 1 amide bonds. The van der Waals surface area contributed by atoms with Crippen LogP contribution in [-0.2, 0) is 11.3 Å². The number of rotatable bonds is 3. The third kappa shape index (κ3) is 2.82. The fraction of sp³-hybridized carbons (Fsp3) is 0.148. The molecule has 0 unspecified atom stereocenters. The van der Waals surface area contributed by atoms with Crippen LogP contribution in [-0.4, -0.2) is 32.3 Å². The fourth-order valence-corrected chi connectivity index (χ4v) is 5.01. The lowest BCUT2D eigenvalue weighted by Gasteiger charge is -2.25. The molecular formula is C27H21N3O2. The Balaban J connectivity index is 1.44. The fourth-order valence-electron chi connectivity index (χ4n) is 5.01. The van der Waals surface area contributed by atoms with Gasteiger partial charge in [0.05, 0.1) is 17.2 Å². The number of benzene rings is 3. The number of hydrogen-bond acceptors (Lipinski definition) is 3. The van der Waals surface area contributed by atoms with Crippen molar-refractivity contribution < 1.29 is 9.59 Å². The van der Waals surface area contributed by atoms with Crippen LogP contribution in [0.3, 0.4) is 0 Å². The topological polar surface area (TPSA) is 55.2 Å². The van der Waals surface area contributed by atoms with Crippen molar-refractivity contribution >= 4 is 44.4 Å². The normalized spacial score (nSPS) is 16.4. The molecule has 0 bridgehead atoms. The Bertz CT molecular complexity index is 1460. The largest absolute Gasteiger partial charge is 0.326 e. The van der Waals surface area contributed by atoms with Gasteiger partial charge < -0.3 is 4.90 Å². The van der Waals surface area contributed by atoms with Crippen molar-refractivity contribution in [3.05, 3.63) is 90.8 Å². The van der Waals surface area contributed by atoms with Gasteiger partial charge in [-0.25, -0.2) is 0 Å². The molecule has 0 aliphatic carbocycles. The number of carbonyl (C=O) groups excluding carboxylic acids is 2. The van der Waals surface area contributed by atoms with E-state index < -0.39 is 6.04 Å². The maximum atomic E-state index is 13.9. The van der Waals surface area contributed by atoms with E-state index in [1.807, 2.05) is 54.6 Å². The quantitative estimate of drug-likeness (QED) is 0.405. The Morgan fingerprint density at radius 1 is 0.875 bits per heavy atom. The molecule has 5 aromatic rings. The molecule has 156 valence electrons. The van der Waals surface area contributed by atoms with Gasteiger partial charge in [-0.2, -0.15) is 0 Å². The van der Waals surface area contributed by atoms with Gasteiger partial charge >= 0.3 is 0 Å². The van der Waals surface area contributed by atoms with Crippen LogP contribution in [0.1, 0.15) is 23.2 Å². The Hall–Kier alpha value is -3.99. The predicted octanol–water partition coefficient (Wildman–Crippen LogP) is 5.17. The highest BCUT2D eigenvalue weighted by Gasteiger charge is 2.37. The second-order valence-electron chi connectivity index (χ2n) is 8.30. The summed E-state index contributed by atoms with van der Waals surface area (Å²) >= 11 is 0. The molecule has 5 nitrogen and oxygen atoms in total. The predicted molar refractivity (Wildman–Crippen MR) is 125 cm³/mol. The van der Waals surface area contributed by atoms with Crippen molar-refractivity contribution in [2.45, 2.75) is 25.4 Å². The molecule has 2 aromatic heterocycles. The van der Waals surface area contributed by atoms with Crippen LogP contribution >= 0.6 is 0 Å². The highest BCUT2D eigenvalue weighted by atomic mass is 16.2.